The third-order valence-corrected chi connectivity index (χ3v) is 7.94. The van der Waals surface area contributed by atoms with Gasteiger partial charge in [0.1, 0.15) is 0 Å². The van der Waals surface area contributed by atoms with Crippen LogP contribution >= 0.6 is 0 Å². The number of amides is 1. The Labute approximate surface area is 195 Å². The van der Waals surface area contributed by atoms with Crippen molar-refractivity contribution in [1.29, 1.82) is 0 Å². The van der Waals surface area contributed by atoms with Crippen LogP contribution in [0.25, 0.3) is 10.8 Å². The fraction of sp³-hybridized carbons (Fsp3) is 0.346. The first-order valence-corrected chi connectivity index (χ1v) is 12.9. The third kappa shape index (κ3) is 5.79. The zero-order valence-corrected chi connectivity index (χ0v) is 19.7. The van der Waals surface area contributed by atoms with Gasteiger partial charge in [0.05, 0.1) is 4.90 Å². The molecule has 0 aliphatic carbocycles. The molecule has 1 amide bonds. The molecule has 7 heteroatoms. The summed E-state index contributed by atoms with van der Waals surface area (Å²) in [5, 5.41) is 7.87. The first kappa shape index (κ1) is 23.4. The third-order valence-electron chi connectivity index (χ3n) is 6.39. The Bertz CT molecular complexity index is 1210. The lowest BCUT2D eigenvalue weighted by Gasteiger charge is -2.31. The van der Waals surface area contributed by atoms with Crippen LogP contribution < -0.4 is 15.4 Å². The molecule has 1 unspecified atom stereocenters. The molecule has 1 fully saturated rings. The zero-order chi connectivity index (χ0) is 23.3. The van der Waals surface area contributed by atoms with E-state index >= 15 is 0 Å². The van der Waals surface area contributed by atoms with Crippen molar-refractivity contribution in [3.63, 3.8) is 0 Å². The summed E-state index contributed by atoms with van der Waals surface area (Å²) in [5.74, 6) is -0.0564. The average Bonchev–Trinajstić information content (AvgIpc) is 2.84. The van der Waals surface area contributed by atoms with Crippen molar-refractivity contribution in [2.45, 2.75) is 43.7 Å². The minimum Gasteiger partial charge on any atom is -0.352 e. The smallest absolute Gasteiger partial charge is 0.241 e. The molecule has 0 radical (unpaired) electrons. The summed E-state index contributed by atoms with van der Waals surface area (Å²) in [5.41, 5.74) is 2.04. The van der Waals surface area contributed by atoms with Crippen molar-refractivity contribution in [2.75, 3.05) is 13.1 Å². The molecule has 33 heavy (non-hydrogen) atoms. The number of aryl methyl sites for hydroxylation is 1. The molecule has 4 rings (SSSR count). The number of carbonyl (C=O) groups is 1. The highest BCUT2D eigenvalue weighted by molar-refractivity contribution is 7.89. The Balaban J connectivity index is 1.55. The van der Waals surface area contributed by atoms with Gasteiger partial charge in [-0.3, -0.25) is 4.79 Å². The minimum absolute atomic E-state index is 0.0974. The molecule has 1 saturated heterocycles. The van der Waals surface area contributed by atoms with Gasteiger partial charge < -0.3 is 10.6 Å². The van der Waals surface area contributed by atoms with Crippen LogP contribution in [0, 0.1) is 12.8 Å². The Morgan fingerprint density at radius 3 is 2.36 bits per heavy atom. The van der Waals surface area contributed by atoms with Gasteiger partial charge in [-0.25, -0.2) is 13.1 Å². The minimum atomic E-state index is -3.82. The molecule has 1 heterocycles. The molecule has 3 aromatic carbocycles. The highest BCUT2D eigenvalue weighted by Gasteiger charge is 2.31. The molecule has 1 atom stereocenters. The zero-order valence-electron chi connectivity index (χ0n) is 18.9. The number of piperidine rings is 1. The summed E-state index contributed by atoms with van der Waals surface area (Å²) in [6.45, 7) is 4.04. The van der Waals surface area contributed by atoms with Gasteiger partial charge >= 0.3 is 0 Å². The largest absolute Gasteiger partial charge is 0.352 e. The van der Waals surface area contributed by atoms with Crippen LogP contribution in [0.2, 0.25) is 0 Å². The Morgan fingerprint density at radius 1 is 0.970 bits per heavy atom. The second kappa shape index (κ2) is 10.5. The molecule has 174 valence electrons. The number of carbonyl (C=O) groups excluding carboxylic acids is 1. The van der Waals surface area contributed by atoms with Crippen molar-refractivity contribution in [3.05, 3.63) is 77.9 Å². The van der Waals surface area contributed by atoms with Crippen molar-refractivity contribution in [1.82, 2.24) is 15.4 Å². The molecule has 3 N–H and O–H groups in total. The summed E-state index contributed by atoms with van der Waals surface area (Å²) in [4.78, 5) is 13.0. The van der Waals surface area contributed by atoms with Gasteiger partial charge in [0.25, 0.3) is 0 Å². The maximum Gasteiger partial charge on any atom is 0.241 e. The van der Waals surface area contributed by atoms with Crippen LogP contribution in [-0.4, -0.2) is 33.5 Å². The predicted octanol–water partition coefficient (Wildman–Crippen LogP) is 3.50. The molecular formula is C26H31N3O3S. The van der Waals surface area contributed by atoms with E-state index in [0.717, 1.165) is 42.4 Å². The van der Waals surface area contributed by atoms with E-state index in [1.807, 2.05) is 67.6 Å². The maximum absolute atomic E-state index is 13.5. The van der Waals surface area contributed by atoms with Crippen LogP contribution in [0.3, 0.4) is 0 Å². The lowest BCUT2D eigenvalue weighted by molar-refractivity contribution is -0.122. The van der Waals surface area contributed by atoms with Crippen LogP contribution in [0.1, 0.15) is 30.4 Å². The second-order valence-corrected chi connectivity index (χ2v) is 10.4. The lowest BCUT2D eigenvalue weighted by Crippen LogP contribution is -2.46. The second-order valence-electron chi connectivity index (χ2n) is 8.71. The van der Waals surface area contributed by atoms with E-state index in [2.05, 4.69) is 15.4 Å². The molecule has 0 aromatic heterocycles. The number of hydrogen-bond donors (Lipinski definition) is 3. The molecule has 6 nitrogen and oxygen atoms in total. The monoisotopic (exact) mass is 465 g/mol. The molecule has 3 aromatic rings. The first-order valence-electron chi connectivity index (χ1n) is 11.5. The Hall–Kier alpha value is -2.74. The number of nitrogens with one attached hydrogen (secondary N) is 3. The summed E-state index contributed by atoms with van der Waals surface area (Å²) < 4.78 is 29.9. The molecule has 0 spiro atoms. The molecule has 1 aliphatic rings. The van der Waals surface area contributed by atoms with Gasteiger partial charge in [0, 0.05) is 24.4 Å². The standard InChI is InChI=1S/C26H31N3O3S/c1-19-11-12-25(23-10-6-5-9-22(19)23)33(31,32)29-24(21-13-15-27-16-14-21)17-26(30)28-18-20-7-3-2-4-8-20/h2-12,21,24,27,29H,13-18H2,1H3,(H,28,30). The van der Waals surface area contributed by atoms with Crippen molar-refractivity contribution in [2.24, 2.45) is 5.92 Å². The van der Waals surface area contributed by atoms with E-state index in [1.165, 1.54) is 0 Å². The fourth-order valence-corrected chi connectivity index (χ4v) is 6.05. The Morgan fingerprint density at radius 2 is 1.64 bits per heavy atom. The number of hydrogen-bond acceptors (Lipinski definition) is 4. The van der Waals surface area contributed by atoms with Crippen LogP contribution in [0.15, 0.2) is 71.6 Å². The summed E-state index contributed by atoms with van der Waals surface area (Å²) >= 11 is 0. The van der Waals surface area contributed by atoms with Crippen molar-refractivity contribution < 1.29 is 13.2 Å². The summed E-state index contributed by atoms with van der Waals surface area (Å²) in [6.07, 6.45) is 1.77. The Kier molecular flexibility index (Phi) is 7.42. The number of rotatable bonds is 8. The van der Waals surface area contributed by atoms with Crippen molar-refractivity contribution >= 4 is 26.7 Å². The molecular weight excluding hydrogens is 434 g/mol. The van der Waals surface area contributed by atoms with Crippen LogP contribution in [0.4, 0.5) is 0 Å². The van der Waals surface area contributed by atoms with Gasteiger partial charge in [0.15, 0.2) is 0 Å². The predicted molar refractivity (Wildman–Crippen MR) is 131 cm³/mol. The number of benzene rings is 3. The van der Waals surface area contributed by atoms with E-state index < -0.39 is 16.1 Å². The highest BCUT2D eigenvalue weighted by Crippen LogP contribution is 2.27. The number of fused-ring (bicyclic) bond motifs is 1. The van der Waals surface area contributed by atoms with Gasteiger partial charge in [-0.15, -0.1) is 0 Å². The highest BCUT2D eigenvalue weighted by atomic mass is 32.2. The summed E-state index contributed by atoms with van der Waals surface area (Å²) in [7, 11) is -3.82. The quantitative estimate of drug-likeness (QED) is 0.475. The summed E-state index contributed by atoms with van der Waals surface area (Å²) in [6, 6.07) is 20.3. The average molecular weight is 466 g/mol. The SMILES string of the molecule is Cc1ccc(S(=O)(=O)NC(CC(=O)NCc2ccccc2)C2CCNCC2)c2ccccc12. The first-order chi connectivity index (χ1) is 15.9. The van der Waals surface area contributed by atoms with E-state index in [9.17, 15) is 13.2 Å². The van der Waals surface area contributed by atoms with Gasteiger partial charge in [-0.05, 0) is 61.4 Å². The number of sulfonamides is 1. The van der Waals surface area contributed by atoms with E-state index in [4.69, 9.17) is 0 Å². The topological polar surface area (TPSA) is 87.3 Å². The van der Waals surface area contributed by atoms with Gasteiger partial charge in [0.2, 0.25) is 15.9 Å². The van der Waals surface area contributed by atoms with E-state index in [-0.39, 0.29) is 23.1 Å². The van der Waals surface area contributed by atoms with E-state index in [0.29, 0.717) is 11.9 Å². The molecule has 0 bridgehead atoms. The van der Waals surface area contributed by atoms with Crippen molar-refractivity contribution in [3.8, 4) is 0 Å². The molecule has 1 aliphatic heterocycles. The maximum atomic E-state index is 13.5. The van der Waals surface area contributed by atoms with Gasteiger partial charge in [-0.1, -0.05) is 60.7 Å². The van der Waals surface area contributed by atoms with E-state index in [1.54, 1.807) is 6.07 Å². The van der Waals surface area contributed by atoms with Crippen LogP contribution in [0.5, 0.6) is 0 Å². The fourth-order valence-electron chi connectivity index (χ4n) is 4.54. The molecule has 0 saturated carbocycles. The lowest BCUT2D eigenvalue weighted by atomic mass is 9.89. The normalized spacial score (nSPS) is 15.9. The van der Waals surface area contributed by atoms with Crippen LogP contribution in [-0.2, 0) is 21.4 Å². The van der Waals surface area contributed by atoms with Gasteiger partial charge in [-0.2, -0.15) is 0 Å².